The van der Waals surface area contributed by atoms with Gasteiger partial charge in [-0.1, -0.05) is 48.9 Å². The highest BCUT2D eigenvalue weighted by Crippen LogP contribution is 2.24. The number of esters is 1. The predicted molar refractivity (Wildman–Crippen MR) is 122 cm³/mol. The number of benzene rings is 1. The normalized spacial score (nSPS) is 12.7. The molecule has 0 aliphatic heterocycles. The van der Waals surface area contributed by atoms with Crippen molar-refractivity contribution in [1.82, 2.24) is 14.5 Å². The van der Waals surface area contributed by atoms with E-state index in [0.717, 1.165) is 5.56 Å². The third-order valence-corrected chi connectivity index (χ3v) is 5.08. The highest BCUT2D eigenvalue weighted by molar-refractivity contribution is 6.29. The second kappa shape index (κ2) is 9.60. The van der Waals surface area contributed by atoms with E-state index in [4.69, 9.17) is 16.3 Å². The van der Waals surface area contributed by atoms with Crippen molar-refractivity contribution in [1.29, 1.82) is 0 Å². The number of halogens is 1. The van der Waals surface area contributed by atoms with Gasteiger partial charge in [-0.25, -0.2) is 9.97 Å². The minimum Gasteiger partial charge on any atom is -0.460 e. The highest BCUT2D eigenvalue weighted by Gasteiger charge is 2.21. The monoisotopic (exact) mass is 441 g/mol. The molecule has 0 N–H and O–H groups in total. The van der Waals surface area contributed by atoms with Crippen LogP contribution in [0.25, 0.3) is 11.2 Å². The molecule has 1 aromatic carbocycles. The van der Waals surface area contributed by atoms with E-state index in [1.165, 1.54) is 0 Å². The van der Waals surface area contributed by atoms with Crippen LogP contribution < -0.4 is 5.56 Å². The molecular weight excluding hydrogens is 414 g/mol. The fraction of sp³-hybridized carbons (Fsp3) is 0.417. The lowest BCUT2D eigenvalue weighted by molar-refractivity contribution is -0.154. The lowest BCUT2D eigenvalue weighted by Crippen LogP contribution is -2.30. The topological polar surface area (TPSA) is 74.1 Å². The predicted octanol–water partition coefficient (Wildman–Crippen LogP) is 5.11. The van der Waals surface area contributed by atoms with Crippen molar-refractivity contribution >= 4 is 28.7 Å². The number of aryl methyl sites for hydroxylation is 1. The second-order valence-electron chi connectivity index (χ2n) is 8.49. The maximum absolute atomic E-state index is 13.5. The van der Waals surface area contributed by atoms with Gasteiger partial charge in [-0.2, -0.15) is 0 Å². The van der Waals surface area contributed by atoms with Crippen LogP contribution >= 0.6 is 11.6 Å². The summed E-state index contributed by atoms with van der Waals surface area (Å²) in [5, 5.41) is 0.308. The molecule has 0 bridgehead atoms. The summed E-state index contributed by atoms with van der Waals surface area (Å²) in [4.78, 5) is 34.5. The number of rotatable bonds is 7. The third-order valence-electron chi connectivity index (χ3n) is 4.87. The molecule has 1 atom stereocenters. The first-order chi connectivity index (χ1) is 14.7. The Morgan fingerprint density at radius 3 is 2.48 bits per heavy atom. The number of ether oxygens (including phenoxy) is 1. The van der Waals surface area contributed by atoms with E-state index in [-0.39, 0.29) is 24.0 Å². The molecule has 7 heteroatoms. The molecule has 6 nitrogen and oxygen atoms in total. The number of hydrogen-bond donors (Lipinski definition) is 0. The highest BCUT2D eigenvalue weighted by atomic mass is 35.5. The Hall–Kier alpha value is -2.73. The molecule has 3 rings (SSSR count). The molecule has 164 valence electrons. The van der Waals surface area contributed by atoms with Crippen LogP contribution in [-0.4, -0.2) is 26.1 Å². The van der Waals surface area contributed by atoms with Crippen LogP contribution in [0, 0.1) is 0 Å². The van der Waals surface area contributed by atoms with Crippen LogP contribution in [0.5, 0.6) is 0 Å². The standard InChI is InChI=1S/C24H28ClN3O3/c1-5-19(16-10-7-6-8-11-16)28-22-17(14-15-20(25)27-22)26-18(23(28)30)12-9-13-21(29)31-24(2,3)4/h6-8,10-11,14-15,19H,5,9,12-13H2,1-4H3/t19-/m0/s1. The maximum Gasteiger partial charge on any atom is 0.306 e. The first-order valence-electron chi connectivity index (χ1n) is 10.5. The van der Waals surface area contributed by atoms with Crippen molar-refractivity contribution in [2.75, 3.05) is 0 Å². The fourth-order valence-electron chi connectivity index (χ4n) is 3.60. The molecule has 0 spiro atoms. The molecule has 2 aromatic heterocycles. The Balaban J connectivity index is 1.99. The van der Waals surface area contributed by atoms with Crippen LogP contribution in [-0.2, 0) is 16.0 Å². The molecule has 0 radical (unpaired) electrons. The smallest absolute Gasteiger partial charge is 0.306 e. The van der Waals surface area contributed by atoms with Gasteiger partial charge in [0.1, 0.15) is 22.0 Å². The molecule has 2 heterocycles. The Bertz CT molecular complexity index is 1120. The number of nitrogens with zero attached hydrogens (tertiary/aromatic N) is 3. The summed E-state index contributed by atoms with van der Waals surface area (Å²) in [6.07, 6.45) is 1.79. The molecule has 31 heavy (non-hydrogen) atoms. The minimum atomic E-state index is -0.528. The number of carbonyl (C=O) groups excluding carboxylic acids is 1. The molecule has 0 saturated carbocycles. The molecular formula is C24H28ClN3O3. The number of carbonyl (C=O) groups is 1. The van der Waals surface area contributed by atoms with Crippen molar-refractivity contribution in [3.8, 4) is 0 Å². The average Bonchev–Trinajstić information content (AvgIpc) is 2.70. The van der Waals surface area contributed by atoms with Gasteiger partial charge in [-0.15, -0.1) is 0 Å². The van der Waals surface area contributed by atoms with Gasteiger partial charge in [0.25, 0.3) is 5.56 Å². The van der Waals surface area contributed by atoms with E-state index in [2.05, 4.69) is 9.97 Å². The van der Waals surface area contributed by atoms with Gasteiger partial charge in [0.05, 0.1) is 6.04 Å². The molecule has 0 amide bonds. The first kappa shape index (κ1) is 22.9. The lowest BCUT2D eigenvalue weighted by atomic mass is 10.0. The van der Waals surface area contributed by atoms with Crippen molar-refractivity contribution in [2.45, 2.75) is 65.0 Å². The Morgan fingerprint density at radius 1 is 1.13 bits per heavy atom. The number of fused-ring (bicyclic) bond motifs is 1. The van der Waals surface area contributed by atoms with Crippen LogP contribution in [0.15, 0.2) is 47.3 Å². The Labute approximate surface area is 187 Å². The zero-order valence-electron chi connectivity index (χ0n) is 18.4. The zero-order valence-corrected chi connectivity index (χ0v) is 19.1. The summed E-state index contributed by atoms with van der Waals surface area (Å²) >= 11 is 6.14. The van der Waals surface area contributed by atoms with E-state index >= 15 is 0 Å². The number of pyridine rings is 1. The minimum absolute atomic E-state index is 0.199. The van der Waals surface area contributed by atoms with E-state index in [9.17, 15) is 9.59 Å². The largest absolute Gasteiger partial charge is 0.460 e. The maximum atomic E-state index is 13.5. The van der Waals surface area contributed by atoms with Crippen LogP contribution in [0.3, 0.4) is 0 Å². The van der Waals surface area contributed by atoms with Gasteiger partial charge in [-0.3, -0.25) is 14.2 Å². The summed E-state index contributed by atoms with van der Waals surface area (Å²) in [7, 11) is 0. The Kier molecular flexibility index (Phi) is 7.11. The van der Waals surface area contributed by atoms with Gasteiger partial charge in [-0.05, 0) is 57.7 Å². The van der Waals surface area contributed by atoms with E-state index < -0.39 is 5.60 Å². The van der Waals surface area contributed by atoms with E-state index in [0.29, 0.717) is 41.3 Å². The second-order valence-corrected chi connectivity index (χ2v) is 8.87. The summed E-state index contributed by atoms with van der Waals surface area (Å²) in [5.41, 5.74) is 1.76. The molecule has 0 unspecified atom stereocenters. The van der Waals surface area contributed by atoms with Gasteiger partial charge in [0, 0.05) is 6.42 Å². The number of aromatic nitrogens is 3. The van der Waals surface area contributed by atoms with Gasteiger partial charge >= 0.3 is 5.97 Å². The van der Waals surface area contributed by atoms with Crippen molar-refractivity contribution < 1.29 is 9.53 Å². The van der Waals surface area contributed by atoms with Gasteiger partial charge in [0.2, 0.25) is 0 Å². The van der Waals surface area contributed by atoms with Crippen molar-refractivity contribution in [3.63, 3.8) is 0 Å². The quantitative estimate of drug-likeness (QED) is 0.376. The van der Waals surface area contributed by atoms with Crippen LogP contribution in [0.4, 0.5) is 0 Å². The first-order valence-corrected chi connectivity index (χ1v) is 10.9. The van der Waals surface area contributed by atoms with Crippen molar-refractivity contribution in [2.24, 2.45) is 0 Å². The zero-order chi connectivity index (χ0) is 22.6. The molecule has 0 aliphatic rings. The summed E-state index contributed by atoms with van der Waals surface area (Å²) in [6, 6.07) is 13.1. The van der Waals surface area contributed by atoms with Gasteiger partial charge < -0.3 is 4.74 Å². The SMILES string of the molecule is CC[C@@H](c1ccccc1)n1c(=O)c(CCCC(=O)OC(C)(C)C)nc2ccc(Cl)nc21. The molecule has 0 saturated heterocycles. The Morgan fingerprint density at radius 2 is 1.84 bits per heavy atom. The number of hydrogen-bond acceptors (Lipinski definition) is 5. The summed E-state index contributed by atoms with van der Waals surface area (Å²) in [6.45, 7) is 7.53. The fourth-order valence-corrected chi connectivity index (χ4v) is 3.74. The molecule has 3 aromatic rings. The van der Waals surface area contributed by atoms with Gasteiger partial charge in [0.15, 0.2) is 5.65 Å². The lowest BCUT2D eigenvalue weighted by Gasteiger charge is -2.21. The molecule has 0 fully saturated rings. The summed E-state index contributed by atoms with van der Waals surface area (Å²) in [5.74, 6) is -0.280. The molecule has 0 aliphatic carbocycles. The third kappa shape index (κ3) is 5.70. The average molecular weight is 442 g/mol. The summed E-state index contributed by atoms with van der Waals surface area (Å²) < 4.78 is 7.05. The van der Waals surface area contributed by atoms with Crippen LogP contribution in [0.1, 0.15) is 64.3 Å². The van der Waals surface area contributed by atoms with Crippen LogP contribution in [0.2, 0.25) is 5.15 Å². The van der Waals surface area contributed by atoms with E-state index in [1.807, 2.05) is 58.0 Å². The van der Waals surface area contributed by atoms with Crippen molar-refractivity contribution in [3.05, 3.63) is 69.2 Å². The van der Waals surface area contributed by atoms with E-state index in [1.54, 1.807) is 16.7 Å².